The minimum Gasteiger partial charge on any atom is -0.314 e. The second kappa shape index (κ2) is 7.06. The Kier molecular flexibility index (Phi) is 5.71. The number of rotatable bonds is 7. The van der Waals surface area contributed by atoms with Gasteiger partial charge in [-0.05, 0) is 25.5 Å². The Labute approximate surface area is 108 Å². The molecule has 0 saturated heterocycles. The number of aryl methyl sites for hydroxylation is 1. The second-order valence-electron chi connectivity index (χ2n) is 4.48. The molecule has 0 amide bonds. The molecule has 1 rings (SSSR count). The maximum absolute atomic E-state index is 11.0. The highest BCUT2D eigenvalue weighted by Gasteiger charge is 2.18. The zero-order chi connectivity index (χ0) is 13.5. The summed E-state index contributed by atoms with van der Waals surface area (Å²) in [7, 11) is 0. The molecule has 0 aliphatic heterocycles. The van der Waals surface area contributed by atoms with E-state index in [1.807, 2.05) is 13.8 Å². The van der Waals surface area contributed by atoms with Crippen LogP contribution in [0.15, 0.2) is 12.3 Å². The van der Waals surface area contributed by atoms with Gasteiger partial charge in [-0.25, -0.2) is 0 Å². The van der Waals surface area contributed by atoms with Gasteiger partial charge in [0.05, 0.1) is 4.92 Å². The van der Waals surface area contributed by atoms with Crippen molar-refractivity contribution in [2.45, 2.75) is 46.1 Å². The third-order valence-corrected chi connectivity index (χ3v) is 2.85. The fourth-order valence-corrected chi connectivity index (χ4v) is 2.04. The van der Waals surface area contributed by atoms with Crippen LogP contribution in [0, 0.1) is 17.0 Å². The van der Waals surface area contributed by atoms with Crippen molar-refractivity contribution in [2.75, 3.05) is 6.54 Å². The smallest absolute Gasteiger partial charge is 0.291 e. The molecule has 0 spiro atoms. The van der Waals surface area contributed by atoms with E-state index in [0.717, 1.165) is 24.9 Å². The van der Waals surface area contributed by atoms with Crippen molar-refractivity contribution in [3.05, 3.63) is 33.6 Å². The molecule has 1 atom stereocenters. The summed E-state index contributed by atoms with van der Waals surface area (Å²) in [5, 5.41) is 14.4. The monoisotopic (exact) mass is 251 g/mol. The molecule has 5 nitrogen and oxygen atoms in total. The van der Waals surface area contributed by atoms with Crippen LogP contribution in [-0.4, -0.2) is 22.5 Å². The van der Waals surface area contributed by atoms with Gasteiger partial charge in [-0.1, -0.05) is 20.3 Å². The lowest BCUT2D eigenvalue weighted by molar-refractivity contribution is -0.386. The van der Waals surface area contributed by atoms with Gasteiger partial charge in [-0.3, -0.25) is 15.1 Å². The van der Waals surface area contributed by atoms with E-state index in [4.69, 9.17) is 0 Å². The fraction of sp³-hybridized carbons (Fsp3) is 0.615. The third kappa shape index (κ3) is 4.07. The highest BCUT2D eigenvalue weighted by Crippen LogP contribution is 2.19. The fourth-order valence-electron chi connectivity index (χ4n) is 2.04. The zero-order valence-electron chi connectivity index (χ0n) is 11.3. The number of nitro groups is 1. The third-order valence-electron chi connectivity index (χ3n) is 2.85. The average Bonchev–Trinajstić information content (AvgIpc) is 2.32. The van der Waals surface area contributed by atoms with Crippen molar-refractivity contribution in [1.82, 2.24) is 10.3 Å². The van der Waals surface area contributed by atoms with Gasteiger partial charge in [-0.2, -0.15) is 0 Å². The summed E-state index contributed by atoms with van der Waals surface area (Å²) in [6.45, 7) is 6.84. The largest absolute Gasteiger partial charge is 0.314 e. The molecule has 0 saturated carbocycles. The van der Waals surface area contributed by atoms with Crippen LogP contribution in [0.4, 0.5) is 5.69 Å². The van der Waals surface area contributed by atoms with Gasteiger partial charge >= 0.3 is 0 Å². The number of nitrogens with one attached hydrogen (secondary N) is 1. The summed E-state index contributed by atoms with van der Waals surface area (Å²) in [5.74, 6) is 0. The molecule has 0 aromatic carbocycles. The van der Waals surface area contributed by atoms with Gasteiger partial charge in [0.15, 0.2) is 0 Å². The molecule has 1 heterocycles. The molecule has 0 aliphatic rings. The van der Waals surface area contributed by atoms with Crippen molar-refractivity contribution in [2.24, 2.45) is 0 Å². The van der Waals surface area contributed by atoms with Gasteiger partial charge in [0.2, 0.25) is 0 Å². The predicted molar refractivity (Wildman–Crippen MR) is 71.7 cm³/mol. The summed E-state index contributed by atoms with van der Waals surface area (Å²) in [6, 6.07) is 1.85. The quantitative estimate of drug-likeness (QED) is 0.597. The number of likely N-dealkylation sites (N-methyl/N-ethyl adjacent to an activating group) is 1. The van der Waals surface area contributed by atoms with E-state index in [9.17, 15) is 10.1 Å². The van der Waals surface area contributed by atoms with Gasteiger partial charge in [0.1, 0.15) is 5.69 Å². The van der Waals surface area contributed by atoms with Gasteiger partial charge in [-0.15, -0.1) is 0 Å². The number of nitrogens with zero attached hydrogens (tertiary/aromatic N) is 2. The molecule has 1 unspecified atom stereocenters. The minimum atomic E-state index is -0.343. The maximum atomic E-state index is 11.0. The Morgan fingerprint density at radius 3 is 2.78 bits per heavy atom. The van der Waals surface area contributed by atoms with Crippen LogP contribution in [0.25, 0.3) is 0 Å². The molecule has 1 aromatic rings. The SMILES string of the molecule is CCCC(Cc1ncc(C)cc1[N+](=O)[O-])NCC. The molecule has 0 aliphatic carbocycles. The Morgan fingerprint density at radius 2 is 2.22 bits per heavy atom. The van der Waals surface area contributed by atoms with Crippen molar-refractivity contribution in [3.63, 3.8) is 0 Å². The first-order valence-corrected chi connectivity index (χ1v) is 6.41. The van der Waals surface area contributed by atoms with E-state index in [1.165, 1.54) is 0 Å². The topological polar surface area (TPSA) is 68.1 Å². The molecule has 18 heavy (non-hydrogen) atoms. The molecule has 0 fully saturated rings. The van der Waals surface area contributed by atoms with Crippen molar-refractivity contribution in [1.29, 1.82) is 0 Å². The van der Waals surface area contributed by atoms with E-state index < -0.39 is 0 Å². The van der Waals surface area contributed by atoms with Gasteiger partial charge < -0.3 is 5.32 Å². The number of aromatic nitrogens is 1. The molecular weight excluding hydrogens is 230 g/mol. The van der Waals surface area contributed by atoms with Crippen LogP contribution in [-0.2, 0) is 6.42 Å². The zero-order valence-corrected chi connectivity index (χ0v) is 11.3. The van der Waals surface area contributed by atoms with Crippen molar-refractivity contribution >= 4 is 5.69 Å². The molecule has 100 valence electrons. The van der Waals surface area contributed by atoms with E-state index >= 15 is 0 Å². The van der Waals surface area contributed by atoms with Crippen LogP contribution in [0.1, 0.15) is 37.9 Å². The van der Waals surface area contributed by atoms with Crippen LogP contribution in [0.5, 0.6) is 0 Å². The summed E-state index contributed by atoms with van der Waals surface area (Å²) in [4.78, 5) is 14.9. The van der Waals surface area contributed by atoms with Gasteiger partial charge in [0, 0.05) is 24.7 Å². The Hall–Kier alpha value is -1.49. The molecule has 0 radical (unpaired) electrons. The average molecular weight is 251 g/mol. The number of hydrogen-bond acceptors (Lipinski definition) is 4. The molecule has 1 N–H and O–H groups in total. The van der Waals surface area contributed by atoms with Crippen LogP contribution >= 0.6 is 0 Å². The Balaban J connectivity index is 2.90. The molecule has 1 aromatic heterocycles. The molecule has 5 heteroatoms. The van der Waals surface area contributed by atoms with E-state index in [-0.39, 0.29) is 16.7 Å². The minimum absolute atomic E-state index is 0.133. The van der Waals surface area contributed by atoms with Crippen LogP contribution < -0.4 is 5.32 Å². The Bertz CT molecular complexity index is 401. The number of pyridine rings is 1. The molecular formula is C13H21N3O2. The first kappa shape index (κ1) is 14.6. The predicted octanol–water partition coefficient (Wildman–Crippen LogP) is 2.62. The first-order chi connectivity index (χ1) is 8.58. The van der Waals surface area contributed by atoms with E-state index in [0.29, 0.717) is 12.1 Å². The highest BCUT2D eigenvalue weighted by molar-refractivity contribution is 5.38. The normalized spacial score (nSPS) is 12.4. The van der Waals surface area contributed by atoms with Crippen LogP contribution in [0.3, 0.4) is 0 Å². The Morgan fingerprint density at radius 1 is 1.50 bits per heavy atom. The summed E-state index contributed by atoms with van der Waals surface area (Å²) < 4.78 is 0. The van der Waals surface area contributed by atoms with E-state index in [2.05, 4.69) is 17.2 Å². The van der Waals surface area contributed by atoms with Crippen molar-refractivity contribution < 1.29 is 4.92 Å². The lowest BCUT2D eigenvalue weighted by Crippen LogP contribution is -2.31. The van der Waals surface area contributed by atoms with Crippen molar-refractivity contribution in [3.8, 4) is 0 Å². The van der Waals surface area contributed by atoms with Gasteiger partial charge in [0.25, 0.3) is 5.69 Å². The van der Waals surface area contributed by atoms with Crippen LogP contribution in [0.2, 0.25) is 0 Å². The molecule has 0 bridgehead atoms. The first-order valence-electron chi connectivity index (χ1n) is 6.41. The summed E-state index contributed by atoms with van der Waals surface area (Å²) >= 11 is 0. The maximum Gasteiger partial charge on any atom is 0.291 e. The van der Waals surface area contributed by atoms with E-state index in [1.54, 1.807) is 12.3 Å². The number of hydrogen-bond donors (Lipinski definition) is 1. The summed E-state index contributed by atoms with van der Waals surface area (Å²) in [5.41, 5.74) is 1.53. The second-order valence-corrected chi connectivity index (χ2v) is 4.48. The lowest BCUT2D eigenvalue weighted by Gasteiger charge is -2.16. The lowest BCUT2D eigenvalue weighted by atomic mass is 10.0. The standard InChI is InChI=1S/C13H21N3O2/c1-4-6-11(14-5-2)8-12-13(16(17)18)7-10(3)9-15-12/h7,9,11,14H,4-6,8H2,1-3H3. The highest BCUT2D eigenvalue weighted by atomic mass is 16.6. The summed E-state index contributed by atoms with van der Waals surface area (Å²) in [6.07, 6.45) is 4.35.